The van der Waals surface area contributed by atoms with Crippen molar-refractivity contribution < 1.29 is 4.74 Å². The fourth-order valence-corrected chi connectivity index (χ4v) is 2.14. The van der Waals surface area contributed by atoms with E-state index in [4.69, 9.17) is 4.74 Å². The molecule has 0 fully saturated rings. The number of nitrogens with one attached hydrogen (secondary N) is 1. The lowest BCUT2D eigenvalue weighted by atomic mass is 10.0. The zero-order valence-electron chi connectivity index (χ0n) is 12.1. The second kappa shape index (κ2) is 8.27. The molecule has 0 bridgehead atoms. The van der Waals surface area contributed by atoms with Gasteiger partial charge in [0.05, 0.1) is 18.3 Å². The van der Waals surface area contributed by atoms with Gasteiger partial charge in [-0.25, -0.2) is 0 Å². The lowest BCUT2D eigenvalue weighted by Crippen LogP contribution is -2.34. The Kier molecular flexibility index (Phi) is 6.98. The molecular formula is C14H27N3O. The van der Waals surface area contributed by atoms with Crippen LogP contribution in [0.15, 0.2) is 12.4 Å². The van der Waals surface area contributed by atoms with Crippen LogP contribution in [0.5, 0.6) is 0 Å². The van der Waals surface area contributed by atoms with Gasteiger partial charge in [0.15, 0.2) is 0 Å². The first kappa shape index (κ1) is 15.2. The van der Waals surface area contributed by atoms with E-state index in [1.165, 1.54) is 5.56 Å². The van der Waals surface area contributed by atoms with Crippen LogP contribution in [-0.4, -0.2) is 29.0 Å². The molecule has 0 spiro atoms. The highest BCUT2D eigenvalue weighted by atomic mass is 16.5. The highest BCUT2D eigenvalue weighted by Crippen LogP contribution is 2.21. The third-order valence-corrected chi connectivity index (χ3v) is 3.11. The van der Waals surface area contributed by atoms with Crippen molar-refractivity contribution in [3.8, 4) is 0 Å². The molecule has 1 aromatic heterocycles. The van der Waals surface area contributed by atoms with Crippen LogP contribution in [0.1, 0.15) is 52.1 Å². The summed E-state index contributed by atoms with van der Waals surface area (Å²) < 4.78 is 7.81. The highest BCUT2D eigenvalue weighted by molar-refractivity contribution is 5.12. The molecule has 1 aromatic rings. The third-order valence-electron chi connectivity index (χ3n) is 3.11. The topological polar surface area (TPSA) is 39.1 Å². The first-order valence-corrected chi connectivity index (χ1v) is 7.14. The Labute approximate surface area is 111 Å². The molecule has 4 heteroatoms. The molecule has 0 aliphatic rings. The predicted molar refractivity (Wildman–Crippen MR) is 74.6 cm³/mol. The van der Waals surface area contributed by atoms with Gasteiger partial charge in [0.25, 0.3) is 0 Å². The molecule has 2 unspecified atom stereocenters. The van der Waals surface area contributed by atoms with Crippen molar-refractivity contribution in [1.82, 2.24) is 15.1 Å². The molecule has 1 heterocycles. The van der Waals surface area contributed by atoms with E-state index in [2.05, 4.69) is 44.3 Å². The molecule has 0 aliphatic heterocycles. The maximum atomic E-state index is 5.85. The van der Waals surface area contributed by atoms with Crippen LogP contribution < -0.4 is 5.32 Å². The Morgan fingerprint density at radius 3 is 2.61 bits per heavy atom. The van der Waals surface area contributed by atoms with Crippen LogP contribution in [0.2, 0.25) is 0 Å². The summed E-state index contributed by atoms with van der Waals surface area (Å²) in [7, 11) is 0. The van der Waals surface area contributed by atoms with Crippen LogP contribution in [0.3, 0.4) is 0 Å². The van der Waals surface area contributed by atoms with E-state index in [0.29, 0.717) is 0 Å². The molecule has 0 radical (unpaired) electrons. The average molecular weight is 253 g/mol. The van der Waals surface area contributed by atoms with E-state index in [1.807, 2.05) is 10.9 Å². The summed E-state index contributed by atoms with van der Waals surface area (Å²) in [6.07, 6.45) is 6.43. The van der Waals surface area contributed by atoms with Crippen molar-refractivity contribution in [2.75, 3.05) is 13.2 Å². The van der Waals surface area contributed by atoms with E-state index in [1.54, 1.807) is 0 Å². The summed E-state index contributed by atoms with van der Waals surface area (Å²) in [5.41, 5.74) is 1.23. The zero-order chi connectivity index (χ0) is 13.4. The number of hydrogen-bond donors (Lipinski definition) is 1. The molecule has 0 saturated heterocycles. The first-order valence-electron chi connectivity index (χ1n) is 7.14. The van der Waals surface area contributed by atoms with E-state index in [-0.39, 0.29) is 12.1 Å². The quantitative estimate of drug-likeness (QED) is 0.735. The molecule has 2 atom stereocenters. The summed E-state index contributed by atoms with van der Waals surface area (Å²) >= 11 is 0. The Balaban J connectivity index is 2.81. The standard InChI is InChI=1S/C14H27N3O/c1-5-9-15-14(13(6-2)18-8-4)12-10-16-17(7-3)11-12/h10-11,13-15H,5-9H2,1-4H3. The lowest BCUT2D eigenvalue weighted by molar-refractivity contribution is 0.0314. The van der Waals surface area contributed by atoms with Crippen LogP contribution in [0.4, 0.5) is 0 Å². The summed E-state index contributed by atoms with van der Waals surface area (Å²) in [6, 6.07) is 0.246. The van der Waals surface area contributed by atoms with E-state index < -0.39 is 0 Å². The minimum absolute atomic E-state index is 0.219. The number of aryl methyl sites for hydroxylation is 1. The van der Waals surface area contributed by atoms with Crippen molar-refractivity contribution in [1.29, 1.82) is 0 Å². The molecule has 104 valence electrons. The average Bonchev–Trinajstić information content (AvgIpc) is 2.86. The van der Waals surface area contributed by atoms with Crippen molar-refractivity contribution >= 4 is 0 Å². The van der Waals surface area contributed by atoms with Gasteiger partial charge in [0.1, 0.15) is 0 Å². The van der Waals surface area contributed by atoms with Gasteiger partial charge < -0.3 is 10.1 Å². The third kappa shape index (κ3) is 4.10. The molecule has 0 aromatic carbocycles. The molecule has 1 rings (SSSR count). The summed E-state index contributed by atoms with van der Waals surface area (Å²) in [6.45, 7) is 11.2. The number of rotatable bonds is 9. The molecule has 0 aliphatic carbocycles. The number of ether oxygens (including phenoxy) is 1. The maximum absolute atomic E-state index is 5.85. The van der Waals surface area contributed by atoms with Gasteiger partial charge in [-0.15, -0.1) is 0 Å². The van der Waals surface area contributed by atoms with E-state index in [0.717, 1.165) is 32.5 Å². The second-order valence-electron chi connectivity index (χ2n) is 4.46. The first-order chi connectivity index (χ1) is 8.76. The number of hydrogen-bond acceptors (Lipinski definition) is 3. The summed E-state index contributed by atoms with van der Waals surface area (Å²) in [4.78, 5) is 0. The van der Waals surface area contributed by atoms with Gasteiger partial charge >= 0.3 is 0 Å². The Bertz CT molecular complexity index is 325. The van der Waals surface area contributed by atoms with Crippen LogP contribution in [-0.2, 0) is 11.3 Å². The van der Waals surface area contributed by atoms with Gasteiger partial charge in [0.2, 0.25) is 0 Å². The highest BCUT2D eigenvalue weighted by Gasteiger charge is 2.22. The molecular weight excluding hydrogens is 226 g/mol. The Morgan fingerprint density at radius 1 is 1.33 bits per heavy atom. The van der Waals surface area contributed by atoms with Crippen molar-refractivity contribution in [2.24, 2.45) is 0 Å². The van der Waals surface area contributed by atoms with Gasteiger partial charge in [0, 0.05) is 24.9 Å². The molecule has 18 heavy (non-hydrogen) atoms. The van der Waals surface area contributed by atoms with E-state index >= 15 is 0 Å². The molecule has 1 N–H and O–H groups in total. The fraction of sp³-hybridized carbons (Fsp3) is 0.786. The second-order valence-corrected chi connectivity index (χ2v) is 4.46. The van der Waals surface area contributed by atoms with E-state index in [9.17, 15) is 0 Å². The van der Waals surface area contributed by atoms with Gasteiger partial charge in [-0.3, -0.25) is 4.68 Å². The maximum Gasteiger partial charge on any atom is 0.0768 e. The normalized spacial score (nSPS) is 14.7. The zero-order valence-corrected chi connectivity index (χ0v) is 12.1. The monoisotopic (exact) mass is 253 g/mol. The smallest absolute Gasteiger partial charge is 0.0768 e. The fourth-order valence-electron chi connectivity index (χ4n) is 2.14. The van der Waals surface area contributed by atoms with Crippen LogP contribution in [0, 0.1) is 0 Å². The van der Waals surface area contributed by atoms with Crippen molar-refractivity contribution in [2.45, 2.75) is 59.2 Å². The minimum atomic E-state index is 0.219. The number of aromatic nitrogens is 2. The Morgan fingerprint density at radius 2 is 2.11 bits per heavy atom. The van der Waals surface area contributed by atoms with Gasteiger partial charge in [-0.2, -0.15) is 5.10 Å². The van der Waals surface area contributed by atoms with Crippen LogP contribution >= 0.6 is 0 Å². The largest absolute Gasteiger partial charge is 0.377 e. The Hall–Kier alpha value is -0.870. The van der Waals surface area contributed by atoms with Crippen molar-refractivity contribution in [3.63, 3.8) is 0 Å². The molecule has 0 saturated carbocycles. The SMILES string of the molecule is CCCNC(c1cnn(CC)c1)C(CC)OCC. The van der Waals surface area contributed by atoms with Crippen LogP contribution in [0.25, 0.3) is 0 Å². The number of nitrogens with zero attached hydrogens (tertiary/aromatic N) is 2. The van der Waals surface area contributed by atoms with Gasteiger partial charge in [-0.05, 0) is 33.2 Å². The van der Waals surface area contributed by atoms with Gasteiger partial charge in [-0.1, -0.05) is 13.8 Å². The summed E-state index contributed by atoms with van der Waals surface area (Å²) in [5, 5.41) is 7.94. The molecule has 0 amide bonds. The van der Waals surface area contributed by atoms with Crippen molar-refractivity contribution in [3.05, 3.63) is 18.0 Å². The molecule has 4 nitrogen and oxygen atoms in total. The lowest BCUT2D eigenvalue weighted by Gasteiger charge is -2.26. The minimum Gasteiger partial charge on any atom is -0.377 e. The predicted octanol–water partition coefficient (Wildman–Crippen LogP) is 2.76. The summed E-state index contributed by atoms with van der Waals surface area (Å²) in [5.74, 6) is 0.